The number of benzene rings is 1. The van der Waals surface area contributed by atoms with Gasteiger partial charge < -0.3 is 10.4 Å². The summed E-state index contributed by atoms with van der Waals surface area (Å²) in [5, 5.41) is 11.6. The van der Waals surface area contributed by atoms with E-state index < -0.39 is 25.0 Å². The molecule has 1 heterocycles. The van der Waals surface area contributed by atoms with Crippen LogP contribution < -0.4 is 5.32 Å². The summed E-state index contributed by atoms with van der Waals surface area (Å²) in [5.74, 6) is -0.142. The van der Waals surface area contributed by atoms with Crippen molar-refractivity contribution in [3.63, 3.8) is 0 Å². The lowest BCUT2D eigenvalue weighted by atomic mass is 10.1. The minimum Gasteiger partial charge on any atom is -0.389 e. The highest BCUT2D eigenvalue weighted by molar-refractivity contribution is 7.05. The molecule has 0 fully saturated rings. The van der Waals surface area contributed by atoms with Gasteiger partial charge in [0, 0.05) is 17.7 Å². The molecular weight excluding hydrogens is 319 g/mol. The highest BCUT2D eigenvalue weighted by Crippen LogP contribution is 2.20. The third-order valence-electron chi connectivity index (χ3n) is 2.70. The highest BCUT2D eigenvalue weighted by Gasteiger charge is 2.26. The average molecular weight is 331 g/mol. The zero-order valence-corrected chi connectivity index (χ0v) is 12.0. The fraction of sp³-hybridized carbons (Fsp3) is 0.308. The van der Waals surface area contributed by atoms with E-state index in [1.165, 1.54) is 12.1 Å². The molecule has 0 radical (unpaired) electrons. The molecule has 0 saturated heterocycles. The second-order valence-electron chi connectivity index (χ2n) is 4.37. The molecule has 0 aliphatic carbocycles. The van der Waals surface area contributed by atoms with Gasteiger partial charge in [-0.25, -0.2) is 4.98 Å². The Bertz CT molecular complexity index is 641. The van der Waals surface area contributed by atoms with Crippen LogP contribution in [-0.2, 0) is 6.61 Å². The first-order valence-electron chi connectivity index (χ1n) is 6.28. The van der Waals surface area contributed by atoms with Crippen molar-refractivity contribution in [3.8, 4) is 11.4 Å². The average Bonchev–Trinajstić information content (AvgIpc) is 2.95. The number of aromatic nitrogens is 2. The van der Waals surface area contributed by atoms with Crippen LogP contribution in [0.5, 0.6) is 0 Å². The van der Waals surface area contributed by atoms with Gasteiger partial charge in [0.05, 0.1) is 13.0 Å². The Morgan fingerprint density at radius 3 is 2.50 bits per heavy atom. The number of halogens is 3. The van der Waals surface area contributed by atoms with Gasteiger partial charge in [0.15, 0.2) is 5.82 Å². The quantitative estimate of drug-likeness (QED) is 0.882. The predicted octanol–water partition coefficient (Wildman–Crippen LogP) is 2.38. The van der Waals surface area contributed by atoms with E-state index in [1.807, 2.05) is 0 Å². The van der Waals surface area contributed by atoms with Crippen molar-refractivity contribution in [2.24, 2.45) is 0 Å². The number of hydrogen-bond donors (Lipinski definition) is 2. The van der Waals surface area contributed by atoms with Crippen molar-refractivity contribution in [2.75, 3.05) is 6.54 Å². The van der Waals surface area contributed by atoms with Crippen LogP contribution in [0, 0.1) is 0 Å². The van der Waals surface area contributed by atoms with E-state index in [-0.39, 0.29) is 12.2 Å². The highest BCUT2D eigenvalue weighted by atomic mass is 32.1. The summed E-state index contributed by atoms with van der Waals surface area (Å²) in [6.45, 7) is -0.658. The molecule has 1 aromatic carbocycles. The molecule has 22 heavy (non-hydrogen) atoms. The number of aliphatic hydroxyl groups excluding tert-OH is 1. The second kappa shape index (κ2) is 6.84. The summed E-state index contributed by atoms with van der Waals surface area (Å²) in [6.07, 6.45) is -5.36. The maximum atomic E-state index is 12.0. The van der Waals surface area contributed by atoms with Crippen LogP contribution in [0.3, 0.4) is 0 Å². The number of rotatable bonds is 5. The first kappa shape index (κ1) is 16.4. The Morgan fingerprint density at radius 1 is 1.27 bits per heavy atom. The number of carbonyl (C=O) groups is 1. The molecule has 0 aliphatic rings. The number of aliphatic hydroxyl groups is 1. The van der Waals surface area contributed by atoms with Gasteiger partial charge in [0.25, 0.3) is 5.91 Å². The molecule has 0 unspecified atom stereocenters. The Hall–Kier alpha value is -2.00. The van der Waals surface area contributed by atoms with Crippen LogP contribution in [-0.4, -0.2) is 33.1 Å². The normalized spacial score (nSPS) is 11.5. The number of alkyl halides is 3. The minimum atomic E-state index is -4.29. The largest absolute Gasteiger partial charge is 0.390 e. The molecule has 2 N–H and O–H groups in total. The molecule has 0 atom stereocenters. The van der Waals surface area contributed by atoms with Gasteiger partial charge in [-0.05, 0) is 23.7 Å². The zero-order valence-electron chi connectivity index (χ0n) is 11.2. The number of carbonyl (C=O) groups excluding carboxylic acids is 1. The summed E-state index contributed by atoms with van der Waals surface area (Å²) >= 11 is 1.07. The number of nitrogens with zero attached hydrogens (tertiary/aromatic N) is 2. The molecule has 1 aromatic heterocycles. The molecule has 5 nitrogen and oxygen atoms in total. The molecule has 118 valence electrons. The lowest BCUT2D eigenvalue weighted by Gasteiger charge is -2.08. The summed E-state index contributed by atoms with van der Waals surface area (Å²) in [5.41, 5.74) is 0.909. The van der Waals surface area contributed by atoms with E-state index >= 15 is 0 Å². The zero-order chi connectivity index (χ0) is 16.2. The van der Waals surface area contributed by atoms with Crippen LogP contribution in [0.1, 0.15) is 21.8 Å². The van der Waals surface area contributed by atoms with Crippen LogP contribution in [0.2, 0.25) is 0 Å². The van der Waals surface area contributed by atoms with E-state index in [1.54, 1.807) is 12.1 Å². The van der Waals surface area contributed by atoms with Crippen LogP contribution in [0.15, 0.2) is 24.3 Å². The molecule has 9 heteroatoms. The number of amides is 1. The third kappa shape index (κ3) is 4.50. The lowest BCUT2D eigenvalue weighted by molar-refractivity contribution is -0.132. The van der Waals surface area contributed by atoms with Gasteiger partial charge in [-0.1, -0.05) is 12.1 Å². The SMILES string of the molecule is O=C(NCCC(F)(F)F)c1ccc(-c2nsc(CO)n2)cc1. The standard InChI is InChI=1S/C13H12F3N3O2S/c14-13(15,16)5-6-17-12(21)9-3-1-8(2-4-9)11-18-10(7-20)22-19-11/h1-4,20H,5-7H2,(H,17,21). The molecule has 0 saturated carbocycles. The third-order valence-corrected chi connectivity index (χ3v) is 3.40. The Kier molecular flexibility index (Phi) is 5.09. The maximum Gasteiger partial charge on any atom is 0.390 e. The fourth-order valence-electron chi connectivity index (χ4n) is 1.63. The van der Waals surface area contributed by atoms with E-state index in [0.717, 1.165) is 11.5 Å². The summed E-state index contributed by atoms with van der Waals surface area (Å²) < 4.78 is 40.0. The number of nitrogens with one attached hydrogen (secondary N) is 1. The monoisotopic (exact) mass is 331 g/mol. The molecule has 0 aliphatic heterocycles. The van der Waals surface area contributed by atoms with E-state index in [9.17, 15) is 18.0 Å². The van der Waals surface area contributed by atoms with Crippen molar-refractivity contribution < 1.29 is 23.1 Å². The van der Waals surface area contributed by atoms with Crippen LogP contribution in [0.25, 0.3) is 11.4 Å². The minimum absolute atomic E-state index is 0.197. The van der Waals surface area contributed by atoms with Crippen molar-refractivity contribution in [3.05, 3.63) is 34.8 Å². The molecule has 2 rings (SSSR count). The van der Waals surface area contributed by atoms with Gasteiger partial charge in [-0.2, -0.15) is 17.5 Å². The Morgan fingerprint density at radius 2 is 1.95 bits per heavy atom. The van der Waals surface area contributed by atoms with E-state index in [4.69, 9.17) is 5.11 Å². The second-order valence-corrected chi connectivity index (χ2v) is 5.20. The molecule has 1 amide bonds. The van der Waals surface area contributed by atoms with Crippen molar-refractivity contribution >= 4 is 17.4 Å². The predicted molar refractivity (Wildman–Crippen MR) is 74.3 cm³/mol. The summed E-state index contributed by atoms with van der Waals surface area (Å²) in [7, 11) is 0. The van der Waals surface area contributed by atoms with Crippen molar-refractivity contribution in [2.45, 2.75) is 19.2 Å². The Balaban J connectivity index is 1.97. The topological polar surface area (TPSA) is 75.1 Å². The van der Waals surface area contributed by atoms with Crippen LogP contribution in [0.4, 0.5) is 13.2 Å². The Labute approximate surface area is 128 Å². The molecular formula is C13H12F3N3O2S. The summed E-state index contributed by atoms with van der Waals surface area (Å²) in [6, 6.07) is 6.17. The molecule has 0 bridgehead atoms. The van der Waals surface area contributed by atoms with Gasteiger partial charge in [0.1, 0.15) is 5.01 Å². The van der Waals surface area contributed by atoms with Crippen molar-refractivity contribution in [1.82, 2.24) is 14.7 Å². The lowest BCUT2D eigenvalue weighted by Crippen LogP contribution is -2.27. The first-order chi connectivity index (χ1) is 10.4. The van der Waals surface area contributed by atoms with Gasteiger partial charge in [-0.15, -0.1) is 0 Å². The molecule has 0 spiro atoms. The maximum absolute atomic E-state index is 12.0. The first-order valence-corrected chi connectivity index (χ1v) is 7.05. The van der Waals surface area contributed by atoms with Gasteiger partial charge in [-0.3, -0.25) is 4.79 Å². The molecule has 2 aromatic rings. The van der Waals surface area contributed by atoms with Crippen LogP contribution >= 0.6 is 11.5 Å². The number of hydrogen-bond acceptors (Lipinski definition) is 5. The smallest absolute Gasteiger partial charge is 0.389 e. The van der Waals surface area contributed by atoms with Gasteiger partial charge in [0.2, 0.25) is 0 Å². The van der Waals surface area contributed by atoms with E-state index in [0.29, 0.717) is 16.4 Å². The summed E-state index contributed by atoms with van der Waals surface area (Å²) in [4.78, 5) is 15.8. The van der Waals surface area contributed by atoms with E-state index in [2.05, 4.69) is 14.7 Å². The van der Waals surface area contributed by atoms with Crippen molar-refractivity contribution in [1.29, 1.82) is 0 Å². The fourth-order valence-corrected chi connectivity index (χ4v) is 2.15. The van der Waals surface area contributed by atoms with Gasteiger partial charge >= 0.3 is 6.18 Å².